The number of aromatic nitrogens is 3. The molecule has 0 aliphatic heterocycles. The quantitative estimate of drug-likeness (QED) is 0.694. The minimum absolute atomic E-state index is 0.960. The van der Waals surface area contributed by atoms with Gasteiger partial charge >= 0.3 is 0 Å². The van der Waals surface area contributed by atoms with Crippen molar-refractivity contribution in [3.8, 4) is 0 Å². The molecule has 0 aromatic carbocycles. The summed E-state index contributed by atoms with van der Waals surface area (Å²) in [5.41, 5.74) is 2.28. The third-order valence-electron chi connectivity index (χ3n) is 2.08. The standard InChI is InChI=1S/C9H11N3.C2H6/c1-3-12-5-7(2)8-4-10-6-11-9(8)12;1-2/h4-6H,3H2,1-2H3;1-2H3. The lowest BCUT2D eigenvalue weighted by molar-refractivity contribution is 0.784. The SMILES string of the molecule is CC.CCn1cc(C)c2cncnc21. The molecule has 0 saturated carbocycles. The zero-order valence-corrected chi connectivity index (χ0v) is 9.28. The Bertz CT molecular complexity index is 404. The molecule has 0 bridgehead atoms. The number of aryl methyl sites for hydroxylation is 2. The summed E-state index contributed by atoms with van der Waals surface area (Å²) in [7, 11) is 0. The lowest BCUT2D eigenvalue weighted by atomic mass is 10.3. The molecule has 0 spiro atoms. The van der Waals surface area contributed by atoms with Crippen LogP contribution < -0.4 is 0 Å². The summed E-state index contributed by atoms with van der Waals surface area (Å²) in [6.45, 7) is 9.15. The zero-order valence-electron chi connectivity index (χ0n) is 9.28. The first-order chi connectivity index (χ1) is 6.83. The van der Waals surface area contributed by atoms with Gasteiger partial charge in [0.05, 0.1) is 0 Å². The second-order valence-corrected chi connectivity index (χ2v) is 2.86. The predicted molar refractivity (Wildman–Crippen MR) is 59.3 cm³/mol. The number of nitrogens with zero attached hydrogens (tertiary/aromatic N) is 3. The topological polar surface area (TPSA) is 30.7 Å². The molecule has 3 nitrogen and oxygen atoms in total. The third-order valence-corrected chi connectivity index (χ3v) is 2.08. The van der Waals surface area contributed by atoms with Crippen LogP contribution in [0.25, 0.3) is 11.0 Å². The molecule has 0 fully saturated rings. The second-order valence-electron chi connectivity index (χ2n) is 2.86. The molecule has 0 unspecified atom stereocenters. The van der Waals surface area contributed by atoms with Gasteiger partial charge in [-0.15, -0.1) is 0 Å². The molecule has 2 heterocycles. The van der Waals surface area contributed by atoms with Gasteiger partial charge in [0, 0.05) is 24.3 Å². The Morgan fingerprint density at radius 2 is 2.07 bits per heavy atom. The molecule has 3 heteroatoms. The van der Waals surface area contributed by atoms with Gasteiger partial charge in [-0.2, -0.15) is 0 Å². The molecule has 2 aromatic heterocycles. The van der Waals surface area contributed by atoms with Crippen molar-refractivity contribution in [2.24, 2.45) is 0 Å². The zero-order chi connectivity index (χ0) is 10.6. The van der Waals surface area contributed by atoms with Gasteiger partial charge in [-0.1, -0.05) is 13.8 Å². The number of hydrogen-bond donors (Lipinski definition) is 0. The smallest absolute Gasteiger partial charge is 0.143 e. The maximum Gasteiger partial charge on any atom is 0.143 e. The normalized spacial score (nSPS) is 9.71. The van der Waals surface area contributed by atoms with Crippen molar-refractivity contribution in [3.63, 3.8) is 0 Å². The number of hydrogen-bond acceptors (Lipinski definition) is 2. The lowest BCUT2D eigenvalue weighted by Gasteiger charge is -1.96. The summed E-state index contributed by atoms with van der Waals surface area (Å²) in [4.78, 5) is 8.22. The Hall–Kier alpha value is -1.38. The van der Waals surface area contributed by atoms with E-state index in [2.05, 4.69) is 34.6 Å². The van der Waals surface area contributed by atoms with E-state index in [1.54, 1.807) is 6.33 Å². The lowest BCUT2D eigenvalue weighted by Crippen LogP contribution is -1.92. The molecule has 76 valence electrons. The van der Waals surface area contributed by atoms with Gasteiger partial charge in [-0.3, -0.25) is 0 Å². The summed E-state index contributed by atoms with van der Waals surface area (Å²) in [6, 6.07) is 0. The fourth-order valence-electron chi connectivity index (χ4n) is 1.44. The molecular formula is C11H17N3. The highest BCUT2D eigenvalue weighted by atomic mass is 15.0. The summed E-state index contributed by atoms with van der Waals surface area (Å²) in [6.07, 6.45) is 5.57. The van der Waals surface area contributed by atoms with Crippen LogP contribution in [-0.4, -0.2) is 14.5 Å². The van der Waals surface area contributed by atoms with E-state index in [0.717, 1.165) is 17.6 Å². The first-order valence-electron chi connectivity index (χ1n) is 5.08. The maximum absolute atomic E-state index is 4.22. The van der Waals surface area contributed by atoms with Crippen LogP contribution >= 0.6 is 0 Å². The summed E-state index contributed by atoms with van der Waals surface area (Å²) < 4.78 is 2.13. The van der Waals surface area contributed by atoms with Crippen LogP contribution in [0.2, 0.25) is 0 Å². The molecule has 0 atom stereocenters. The fourth-order valence-corrected chi connectivity index (χ4v) is 1.44. The highest BCUT2D eigenvalue weighted by Crippen LogP contribution is 2.16. The third kappa shape index (κ3) is 1.76. The van der Waals surface area contributed by atoms with Gasteiger partial charge < -0.3 is 4.57 Å². The largest absolute Gasteiger partial charge is 0.332 e. The van der Waals surface area contributed by atoms with Crippen LogP contribution in [0.4, 0.5) is 0 Å². The van der Waals surface area contributed by atoms with E-state index < -0.39 is 0 Å². The highest BCUT2D eigenvalue weighted by Gasteiger charge is 2.03. The van der Waals surface area contributed by atoms with Crippen LogP contribution in [0.1, 0.15) is 26.3 Å². The molecule has 0 aliphatic carbocycles. The van der Waals surface area contributed by atoms with Gasteiger partial charge in [-0.05, 0) is 19.4 Å². The van der Waals surface area contributed by atoms with E-state index in [1.165, 1.54) is 5.56 Å². The highest BCUT2D eigenvalue weighted by molar-refractivity contribution is 5.78. The van der Waals surface area contributed by atoms with Gasteiger partial charge in [0.15, 0.2) is 0 Å². The second kappa shape index (κ2) is 4.74. The Balaban J connectivity index is 0.000000461. The maximum atomic E-state index is 4.22. The van der Waals surface area contributed by atoms with Gasteiger partial charge in [0.1, 0.15) is 12.0 Å². The molecule has 0 radical (unpaired) electrons. The van der Waals surface area contributed by atoms with Gasteiger partial charge in [0.2, 0.25) is 0 Å². The fraction of sp³-hybridized carbons (Fsp3) is 0.455. The summed E-state index contributed by atoms with van der Waals surface area (Å²) >= 11 is 0. The van der Waals surface area contributed by atoms with E-state index in [9.17, 15) is 0 Å². The predicted octanol–water partition coefficient (Wildman–Crippen LogP) is 2.79. The molecule has 14 heavy (non-hydrogen) atoms. The van der Waals surface area contributed by atoms with Crippen molar-refractivity contribution in [2.45, 2.75) is 34.2 Å². The van der Waals surface area contributed by atoms with E-state index in [0.29, 0.717) is 0 Å². The molecular weight excluding hydrogens is 174 g/mol. The average Bonchev–Trinajstić information content (AvgIpc) is 2.59. The van der Waals surface area contributed by atoms with Crippen molar-refractivity contribution in [2.75, 3.05) is 0 Å². The molecule has 0 amide bonds. The van der Waals surface area contributed by atoms with E-state index in [1.807, 2.05) is 20.0 Å². The minimum atomic E-state index is 0.960. The van der Waals surface area contributed by atoms with Crippen molar-refractivity contribution < 1.29 is 0 Å². The monoisotopic (exact) mass is 191 g/mol. The number of rotatable bonds is 1. The van der Waals surface area contributed by atoms with Crippen molar-refractivity contribution >= 4 is 11.0 Å². The Kier molecular flexibility index (Phi) is 3.63. The van der Waals surface area contributed by atoms with Crippen molar-refractivity contribution in [1.29, 1.82) is 0 Å². The van der Waals surface area contributed by atoms with Crippen LogP contribution in [0.5, 0.6) is 0 Å². The molecule has 0 N–H and O–H groups in total. The average molecular weight is 191 g/mol. The number of fused-ring (bicyclic) bond motifs is 1. The Labute approximate surface area is 84.8 Å². The first kappa shape index (κ1) is 10.7. The first-order valence-corrected chi connectivity index (χ1v) is 5.08. The Morgan fingerprint density at radius 1 is 1.36 bits per heavy atom. The van der Waals surface area contributed by atoms with Crippen LogP contribution in [0.15, 0.2) is 18.7 Å². The van der Waals surface area contributed by atoms with E-state index in [-0.39, 0.29) is 0 Å². The Morgan fingerprint density at radius 3 is 2.71 bits per heavy atom. The van der Waals surface area contributed by atoms with Crippen molar-refractivity contribution in [3.05, 3.63) is 24.3 Å². The molecule has 0 aliphatic rings. The molecule has 2 rings (SSSR count). The molecule has 2 aromatic rings. The van der Waals surface area contributed by atoms with Crippen LogP contribution in [0.3, 0.4) is 0 Å². The van der Waals surface area contributed by atoms with E-state index >= 15 is 0 Å². The molecule has 0 saturated heterocycles. The summed E-state index contributed by atoms with van der Waals surface area (Å²) in [5, 5.41) is 1.15. The van der Waals surface area contributed by atoms with Gasteiger partial charge in [-0.25, -0.2) is 9.97 Å². The van der Waals surface area contributed by atoms with Gasteiger partial charge in [0.25, 0.3) is 0 Å². The van der Waals surface area contributed by atoms with Crippen LogP contribution in [0, 0.1) is 6.92 Å². The van der Waals surface area contributed by atoms with Crippen LogP contribution in [-0.2, 0) is 6.54 Å². The van der Waals surface area contributed by atoms with E-state index in [4.69, 9.17) is 0 Å². The van der Waals surface area contributed by atoms with Crippen molar-refractivity contribution in [1.82, 2.24) is 14.5 Å². The minimum Gasteiger partial charge on any atom is -0.332 e. The summed E-state index contributed by atoms with van der Waals surface area (Å²) in [5.74, 6) is 0.